The number of imidazole rings is 1. The van der Waals surface area contributed by atoms with Crippen LogP contribution in [-0.4, -0.2) is 75.9 Å². The van der Waals surface area contributed by atoms with Gasteiger partial charge in [0, 0.05) is 57.6 Å². The van der Waals surface area contributed by atoms with E-state index in [2.05, 4.69) is 5.10 Å². The van der Waals surface area contributed by atoms with E-state index in [9.17, 15) is 9.59 Å². The summed E-state index contributed by atoms with van der Waals surface area (Å²) in [7, 11) is 3.46. The third kappa shape index (κ3) is 3.97. The second-order valence-electron chi connectivity index (χ2n) is 9.19. The zero-order valence-corrected chi connectivity index (χ0v) is 19.0. The highest BCUT2D eigenvalue weighted by Gasteiger charge is 2.55. The smallest absolute Gasteiger partial charge is 0.410 e. The summed E-state index contributed by atoms with van der Waals surface area (Å²) in [6, 6.07) is 9.83. The van der Waals surface area contributed by atoms with Crippen LogP contribution in [0.15, 0.2) is 48.9 Å². The standard InChI is InChI=1S/C24H29N5O4/c1-26(23(31)33-15-18-6-4-3-5-7-18)19-12-24(13-19)16-28(17-24)22(30)20-14-25-29-9-8-27(21(20)29)10-11-32-2/h3-9,14,19H,10-13,15-17H2,1-2H3. The molecule has 9 nitrogen and oxygen atoms in total. The normalized spacial score (nSPS) is 17.1. The van der Waals surface area contributed by atoms with Crippen molar-refractivity contribution in [2.45, 2.75) is 32.0 Å². The third-order valence-corrected chi connectivity index (χ3v) is 6.91. The number of fused-ring (bicyclic) bond motifs is 1. The number of ether oxygens (including phenoxy) is 2. The van der Waals surface area contributed by atoms with E-state index in [0.717, 1.165) is 24.1 Å². The molecule has 1 saturated carbocycles. The van der Waals surface area contributed by atoms with Gasteiger partial charge in [-0.1, -0.05) is 30.3 Å². The molecular formula is C24H29N5O4. The van der Waals surface area contributed by atoms with E-state index in [-0.39, 0.29) is 30.1 Å². The number of aromatic nitrogens is 3. The average Bonchev–Trinajstić information content (AvgIpc) is 3.37. The molecular weight excluding hydrogens is 422 g/mol. The van der Waals surface area contributed by atoms with Crippen LogP contribution in [0.3, 0.4) is 0 Å². The van der Waals surface area contributed by atoms with Gasteiger partial charge in [-0.2, -0.15) is 5.10 Å². The molecule has 0 unspecified atom stereocenters. The van der Waals surface area contributed by atoms with Crippen molar-refractivity contribution >= 4 is 17.6 Å². The highest BCUT2D eigenvalue weighted by atomic mass is 16.6. The van der Waals surface area contributed by atoms with Crippen LogP contribution in [0.1, 0.15) is 28.8 Å². The Balaban J connectivity index is 1.13. The summed E-state index contributed by atoms with van der Waals surface area (Å²) < 4.78 is 14.3. The van der Waals surface area contributed by atoms with Gasteiger partial charge in [-0.3, -0.25) is 4.79 Å². The molecule has 2 aliphatic rings. The van der Waals surface area contributed by atoms with Crippen LogP contribution in [0.2, 0.25) is 0 Å². The maximum Gasteiger partial charge on any atom is 0.410 e. The summed E-state index contributed by atoms with van der Waals surface area (Å²) in [6.07, 6.45) is 6.89. The molecule has 1 aromatic carbocycles. The number of hydrogen-bond donors (Lipinski definition) is 0. The van der Waals surface area contributed by atoms with Crippen molar-refractivity contribution in [3.8, 4) is 0 Å². The fraction of sp³-hybridized carbons (Fsp3) is 0.458. The second-order valence-corrected chi connectivity index (χ2v) is 9.19. The van der Waals surface area contributed by atoms with Gasteiger partial charge < -0.3 is 23.8 Å². The van der Waals surface area contributed by atoms with Crippen LogP contribution < -0.4 is 0 Å². The Hall–Kier alpha value is -3.33. The van der Waals surface area contributed by atoms with Gasteiger partial charge in [0.25, 0.3) is 5.91 Å². The summed E-state index contributed by atoms with van der Waals surface area (Å²) in [5, 5.41) is 4.32. The van der Waals surface area contributed by atoms with Gasteiger partial charge in [-0.15, -0.1) is 0 Å². The molecule has 1 spiro atoms. The van der Waals surface area contributed by atoms with Gasteiger partial charge in [-0.25, -0.2) is 9.31 Å². The van der Waals surface area contributed by atoms with Crippen molar-refractivity contribution in [3.63, 3.8) is 0 Å². The van der Waals surface area contributed by atoms with E-state index in [0.29, 0.717) is 31.8 Å². The number of carbonyl (C=O) groups excluding carboxylic acids is 2. The number of hydrogen-bond acceptors (Lipinski definition) is 5. The van der Waals surface area contributed by atoms with Crippen LogP contribution in [0, 0.1) is 5.41 Å². The fourth-order valence-electron chi connectivity index (χ4n) is 5.01. The molecule has 2 fully saturated rings. The van der Waals surface area contributed by atoms with E-state index in [1.54, 1.807) is 29.8 Å². The lowest BCUT2D eigenvalue weighted by Gasteiger charge is -2.60. The van der Waals surface area contributed by atoms with E-state index >= 15 is 0 Å². The predicted molar refractivity (Wildman–Crippen MR) is 121 cm³/mol. The fourth-order valence-corrected chi connectivity index (χ4v) is 5.01. The summed E-state index contributed by atoms with van der Waals surface area (Å²) in [4.78, 5) is 29.1. The summed E-state index contributed by atoms with van der Waals surface area (Å²) in [5.74, 6) is 0.00654. The number of nitrogens with zero attached hydrogens (tertiary/aromatic N) is 5. The molecule has 2 amide bonds. The third-order valence-electron chi connectivity index (χ3n) is 6.91. The Labute approximate surface area is 192 Å². The Bertz CT molecular complexity index is 1140. The van der Waals surface area contributed by atoms with E-state index in [4.69, 9.17) is 9.47 Å². The van der Waals surface area contributed by atoms with Gasteiger partial charge in [0.1, 0.15) is 17.8 Å². The molecule has 0 atom stereocenters. The molecule has 33 heavy (non-hydrogen) atoms. The Morgan fingerprint density at radius 1 is 1.18 bits per heavy atom. The van der Waals surface area contributed by atoms with Crippen LogP contribution >= 0.6 is 0 Å². The first kappa shape index (κ1) is 21.5. The van der Waals surface area contributed by atoms with Crippen molar-refractivity contribution in [1.82, 2.24) is 24.0 Å². The molecule has 0 N–H and O–H groups in total. The van der Waals surface area contributed by atoms with Gasteiger partial charge in [0.05, 0.1) is 12.8 Å². The lowest BCUT2D eigenvalue weighted by molar-refractivity contribution is -0.0847. The Morgan fingerprint density at radius 3 is 2.67 bits per heavy atom. The van der Waals surface area contributed by atoms with Crippen LogP contribution in [0.4, 0.5) is 4.79 Å². The van der Waals surface area contributed by atoms with Crippen molar-refractivity contribution in [2.75, 3.05) is 33.9 Å². The van der Waals surface area contributed by atoms with E-state index in [1.165, 1.54) is 0 Å². The molecule has 2 aromatic heterocycles. The Morgan fingerprint density at radius 2 is 1.94 bits per heavy atom. The number of rotatable bonds is 7. The quantitative estimate of drug-likeness (QED) is 0.552. The summed E-state index contributed by atoms with van der Waals surface area (Å²) in [5.41, 5.74) is 2.49. The highest BCUT2D eigenvalue weighted by molar-refractivity contribution is 6.00. The van der Waals surface area contributed by atoms with Crippen LogP contribution in [0.25, 0.3) is 5.65 Å². The number of carbonyl (C=O) groups is 2. The van der Waals surface area contributed by atoms with Crippen LogP contribution in [0.5, 0.6) is 0 Å². The van der Waals surface area contributed by atoms with Crippen molar-refractivity contribution < 1.29 is 19.1 Å². The van der Waals surface area contributed by atoms with E-state index in [1.807, 2.05) is 52.2 Å². The zero-order valence-electron chi connectivity index (χ0n) is 19.0. The monoisotopic (exact) mass is 451 g/mol. The number of benzene rings is 1. The van der Waals surface area contributed by atoms with E-state index < -0.39 is 0 Å². The first-order chi connectivity index (χ1) is 16.0. The van der Waals surface area contributed by atoms with Gasteiger partial charge >= 0.3 is 6.09 Å². The lowest BCUT2D eigenvalue weighted by Crippen LogP contribution is -2.67. The van der Waals surface area contributed by atoms with Gasteiger partial charge in [0.2, 0.25) is 0 Å². The van der Waals surface area contributed by atoms with Crippen molar-refractivity contribution in [3.05, 3.63) is 60.0 Å². The summed E-state index contributed by atoms with van der Waals surface area (Å²) in [6.45, 7) is 2.93. The second kappa shape index (κ2) is 8.55. The molecule has 3 aromatic rings. The maximum absolute atomic E-state index is 13.1. The molecule has 5 rings (SSSR count). The molecule has 0 bridgehead atoms. The molecule has 1 aliphatic heterocycles. The van der Waals surface area contributed by atoms with Crippen molar-refractivity contribution in [2.24, 2.45) is 5.41 Å². The minimum atomic E-state index is -0.301. The largest absolute Gasteiger partial charge is 0.445 e. The number of likely N-dealkylation sites (tertiary alicyclic amines) is 1. The number of amides is 2. The first-order valence-electron chi connectivity index (χ1n) is 11.2. The number of methoxy groups -OCH3 is 1. The highest BCUT2D eigenvalue weighted by Crippen LogP contribution is 2.50. The predicted octanol–water partition coefficient (Wildman–Crippen LogP) is 2.66. The molecule has 9 heteroatoms. The minimum absolute atomic E-state index is 0.00654. The zero-order chi connectivity index (χ0) is 23.0. The lowest BCUT2D eigenvalue weighted by atomic mass is 9.60. The van der Waals surface area contributed by atoms with Gasteiger partial charge in [0.15, 0.2) is 0 Å². The minimum Gasteiger partial charge on any atom is -0.445 e. The molecule has 0 radical (unpaired) electrons. The van der Waals surface area contributed by atoms with Crippen molar-refractivity contribution in [1.29, 1.82) is 0 Å². The molecule has 3 heterocycles. The van der Waals surface area contributed by atoms with Crippen LogP contribution in [-0.2, 0) is 22.6 Å². The molecule has 1 aliphatic carbocycles. The maximum atomic E-state index is 13.1. The first-order valence-corrected chi connectivity index (χ1v) is 11.2. The SMILES string of the molecule is COCCn1ccn2ncc(C(=O)N3CC4(CC(N(C)C(=O)OCc5ccccc5)C4)C3)c12. The molecule has 1 saturated heterocycles. The average molecular weight is 452 g/mol. The summed E-state index contributed by atoms with van der Waals surface area (Å²) >= 11 is 0. The van der Waals surface area contributed by atoms with Gasteiger partial charge in [-0.05, 0) is 18.4 Å². The molecule has 174 valence electrons. The topological polar surface area (TPSA) is 81.3 Å². The Kier molecular flexibility index (Phi) is 5.57.